The van der Waals surface area contributed by atoms with Crippen LogP contribution in [0.1, 0.15) is 19.1 Å². The van der Waals surface area contributed by atoms with Crippen LogP contribution in [0.4, 0.5) is 10.6 Å². The van der Waals surface area contributed by atoms with Crippen LogP contribution in [0.15, 0.2) is 28.9 Å². The summed E-state index contributed by atoms with van der Waals surface area (Å²) in [5.41, 5.74) is 8.20. The first-order valence-electron chi connectivity index (χ1n) is 8.30. The van der Waals surface area contributed by atoms with Gasteiger partial charge >= 0.3 is 6.09 Å². The Balaban J connectivity index is 1.64. The van der Waals surface area contributed by atoms with E-state index in [1.807, 2.05) is 26.0 Å². The quantitative estimate of drug-likeness (QED) is 0.738. The highest BCUT2D eigenvalue weighted by molar-refractivity contribution is 5.74. The van der Waals surface area contributed by atoms with Crippen LogP contribution in [0, 0.1) is 6.92 Å². The maximum atomic E-state index is 11.2. The van der Waals surface area contributed by atoms with Gasteiger partial charge in [0.1, 0.15) is 17.7 Å². The van der Waals surface area contributed by atoms with Crippen molar-refractivity contribution in [1.82, 2.24) is 19.7 Å². The average Bonchev–Trinajstić information content (AvgIpc) is 3.23. The van der Waals surface area contributed by atoms with Crippen molar-refractivity contribution in [2.75, 3.05) is 12.3 Å². The average molecular weight is 357 g/mol. The molecule has 3 aromatic rings. The molecule has 0 radical (unpaired) electrons. The van der Waals surface area contributed by atoms with Crippen LogP contribution in [0.25, 0.3) is 16.6 Å². The van der Waals surface area contributed by atoms with E-state index in [0.717, 1.165) is 16.6 Å². The summed E-state index contributed by atoms with van der Waals surface area (Å²) in [6.07, 6.45) is 1.21. The topological polar surface area (TPSA) is 119 Å². The number of nitrogens with zero attached hydrogens (tertiary/aromatic N) is 4. The van der Waals surface area contributed by atoms with Gasteiger partial charge in [0.2, 0.25) is 0 Å². The van der Waals surface area contributed by atoms with Crippen LogP contribution in [0.2, 0.25) is 0 Å². The molecule has 0 spiro atoms. The van der Waals surface area contributed by atoms with Gasteiger partial charge in [-0.3, -0.25) is 0 Å². The number of carbonyl (C=O) groups is 1. The summed E-state index contributed by atoms with van der Waals surface area (Å²) in [6.45, 7) is 3.98. The summed E-state index contributed by atoms with van der Waals surface area (Å²) < 4.78 is 13.0. The highest BCUT2D eigenvalue weighted by atomic mass is 16.5. The predicted molar refractivity (Wildman–Crippen MR) is 93.1 cm³/mol. The van der Waals surface area contributed by atoms with Crippen molar-refractivity contribution in [2.45, 2.75) is 32.4 Å². The molecule has 1 amide bonds. The van der Waals surface area contributed by atoms with Gasteiger partial charge < -0.3 is 25.0 Å². The van der Waals surface area contributed by atoms with Crippen LogP contribution in [0.3, 0.4) is 0 Å². The number of anilines is 1. The van der Waals surface area contributed by atoms with Crippen LogP contribution in [-0.4, -0.2) is 49.6 Å². The van der Waals surface area contributed by atoms with E-state index >= 15 is 0 Å². The van der Waals surface area contributed by atoms with E-state index in [2.05, 4.69) is 10.3 Å². The molecular formula is C17H19N5O4. The van der Waals surface area contributed by atoms with Gasteiger partial charge in [-0.15, -0.1) is 0 Å². The maximum absolute atomic E-state index is 11.2. The lowest BCUT2D eigenvalue weighted by Gasteiger charge is -2.16. The van der Waals surface area contributed by atoms with Crippen molar-refractivity contribution in [3.63, 3.8) is 0 Å². The lowest BCUT2D eigenvalue weighted by atomic mass is 10.1. The molecule has 0 saturated carbocycles. The second-order valence-corrected chi connectivity index (χ2v) is 6.53. The molecule has 1 aliphatic heterocycles. The first-order chi connectivity index (χ1) is 12.4. The maximum Gasteiger partial charge on any atom is 0.407 e. The number of nitrogen functional groups attached to an aromatic ring is 1. The van der Waals surface area contributed by atoms with Gasteiger partial charge in [-0.25, -0.2) is 9.31 Å². The monoisotopic (exact) mass is 357 g/mol. The molecule has 3 N–H and O–H groups in total. The Hall–Kier alpha value is -3.23. The zero-order valence-corrected chi connectivity index (χ0v) is 14.4. The fraction of sp³-hybridized carbons (Fsp3) is 0.353. The Kier molecular flexibility index (Phi) is 3.71. The highest BCUT2D eigenvalue weighted by Gasteiger charge is 2.35. The molecule has 0 aromatic carbocycles. The molecule has 2 atom stereocenters. The molecule has 136 valence electrons. The zero-order chi connectivity index (χ0) is 18.4. The Morgan fingerprint density at radius 2 is 2.27 bits per heavy atom. The summed E-state index contributed by atoms with van der Waals surface area (Å²) >= 11 is 0. The Bertz CT molecular complexity index is 979. The minimum absolute atomic E-state index is 0.0972. The van der Waals surface area contributed by atoms with E-state index in [1.54, 1.807) is 16.8 Å². The number of likely N-dealkylation sites (tertiary alicyclic amines) is 1. The number of aryl methyl sites for hydroxylation is 1. The largest absolute Gasteiger partial charge is 0.470 e. The van der Waals surface area contributed by atoms with Gasteiger partial charge in [0.25, 0.3) is 5.88 Å². The summed E-state index contributed by atoms with van der Waals surface area (Å²) in [5, 5.41) is 17.4. The zero-order valence-electron chi connectivity index (χ0n) is 14.4. The summed E-state index contributed by atoms with van der Waals surface area (Å²) in [7, 11) is 0. The molecule has 9 nitrogen and oxygen atoms in total. The summed E-state index contributed by atoms with van der Waals surface area (Å²) in [5.74, 6) is 1.43. The molecule has 26 heavy (non-hydrogen) atoms. The van der Waals surface area contributed by atoms with Crippen LogP contribution in [-0.2, 0) is 0 Å². The number of pyridine rings is 1. The van der Waals surface area contributed by atoms with Gasteiger partial charge in [-0.2, -0.15) is 5.10 Å². The Morgan fingerprint density at radius 3 is 3.00 bits per heavy atom. The van der Waals surface area contributed by atoms with E-state index in [1.165, 1.54) is 4.90 Å². The van der Waals surface area contributed by atoms with Crippen molar-refractivity contribution in [1.29, 1.82) is 0 Å². The van der Waals surface area contributed by atoms with E-state index in [4.69, 9.17) is 15.0 Å². The number of amides is 1. The number of hydrogen-bond acceptors (Lipinski definition) is 6. The van der Waals surface area contributed by atoms with Crippen molar-refractivity contribution >= 4 is 17.4 Å². The van der Waals surface area contributed by atoms with E-state index in [9.17, 15) is 9.90 Å². The van der Waals surface area contributed by atoms with Gasteiger partial charge in [0.05, 0.1) is 17.6 Å². The third-order valence-electron chi connectivity index (χ3n) is 4.66. The van der Waals surface area contributed by atoms with E-state index in [0.29, 0.717) is 30.4 Å². The molecule has 1 aliphatic rings. The molecule has 1 saturated heterocycles. The standard InChI is InChI=1S/C17H19N5O4/c1-9-5-13(8-21(9)17(23)24)25-16-15(10(2)26-20-16)11-3-4-22-12(6-11)7-14(18)19-22/h3-4,6-7,9,13H,5,8H2,1-2H3,(H2,18,19)(H,23,24)/t9-,13+/m1/s1. The first kappa shape index (κ1) is 16.2. The lowest BCUT2D eigenvalue weighted by molar-refractivity contribution is 0.135. The van der Waals surface area contributed by atoms with Crippen LogP contribution < -0.4 is 10.5 Å². The molecular weight excluding hydrogens is 338 g/mol. The molecule has 0 unspecified atom stereocenters. The van der Waals surface area contributed by atoms with Crippen LogP contribution >= 0.6 is 0 Å². The van der Waals surface area contributed by atoms with Crippen molar-refractivity contribution in [2.24, 2.45) is 0 Å². The summed E-state index contributed by atoms with van der Waals surface area (Å²) in [6, 6.07) is 5.49. The van der Waals surface area contributed by atoms with Gasteiger partial charge in [-0.1, -0.05) is 0 Å². The number of carboxylic acid groups (broad SMARTS) is 1. The smallest absolute Gasteiger partial charge is 0.407 e. The van der Waals surface area contributed by atoms with E-state index < -0.39 is 6.09 Å². The Morgan fingerprint density at radius 1 is 1.46 bits per heavy atom. The minimum atomic E-state index is -0.941. The number of ether oxygens (including phenoxy) is 1. The molecule has 9 heteroatoms. The number of hydrogen-bond donors (Lipinski definition) is 2. The first-order valence-corrected chi connectivity index (χ1v) is 8.30. The van der Waals surface area contributed by atoms with Crippen molar-refractivity contribution in [3.05, 3.63) is 30.2 Å². The predicted octanol–water partition coefficient (Wildman–Crippen LogP) is 2.40. The fourth-order valence-electron chi connectivity index (χ4n) is 3.42. The van der Waals surface area contributed by atoms with Gasteiger partial charge in [-0.05, 0) is 36.7 Å². The van der Waals surface area contributed by atoms with Gasteiger partial charge in [0.15, 0.2) is 0 Å². The van der Waals surface area contributed by atoms with Gasteiger partial charge in [0, 0.05) is 24.7 Å². The van der Waals surface area contributed by atoms with Crippen LogP contribution in [0.5, 0.6) is 5.88 Å². The number of aromatic nitrogens is 3. The Labute approximate surface area is 148 Å². The summed E-state index contributed by atoms with van der Waals surface area (Å²) in [4.78, 5) is 12.6. The third-order valence-corrected chi connectivity index (χ3v) is 4.66. The molecule has 4 heterocycles. The molecule has 1 fully saturated rings. The highest BCUT2D eigenvalue weighted by Crippen LogP contribution is 2.35. The normalized spacial score (nSPS) is 20.0. The van der Waals surface area contributed by atoms with Crippen molar-refractivity contribution < 1.29 is 19.2 Å². The van der Waals surface area contributed by atoms with E-state index in [-0.39, 0.29) is 12.1 Å². The number of fused-ring (bicyclic) bond motifs is 1. The third kappa shape index (κ3) is 2.71. The molecule has 4 rings (SSSR count). The molecule has 3 aromatic heterocycles. The number of rotatable bonds is 3. The number of nitrogens with two attached hydrogens (primary N) is 1. The fourth-order valence-corrected chi connectivity index (χ4v) is 3.42. The molecule has 0 bridgehead atoms. The lowest BCUT2D eigenvalue weighted by Crippen LogP contribution is -2.33. The van der Waals surface area contributed by atoms with Crippen molar-refractivity contribution in [3.8, 4) is 17.0 Å². The SMILES string of the molecule is Cc1onc(O[C@H]2C[C@@H](C)N(C(=O)O)C2)c1-c1ccn2nc(N)cc2c1. The minimum Gasteiger partial charge on any atom is -0.470 e. The second kappa shape index (κ2) is 5.94. The second-order valence-electron chi connectivity index (χ2n) is 6.53. The molecule has 0 aliphatic carbocycles.